The summed E-state index contributed by atoms with van der Waals surface area (Å²) in [7, 11) is -0.762. The highest BCUT2D eigenvalue weighted by atomic mass is 16.7. The summed E-state index contributed by atoms with van der Waals surface area (Å²) < 4.78 is 14.2. The Morgan fingerprint density at radius 3 is 2.32 bits per heavy atom. The van der Waals surface area contributed by atoms with E-state index in [0.29, 0.717) is 6.04 Å². The lowest BCUT2D eigenvalue weighted by molar-refractivity contribution is 0.00578. The van der Waals surface area contributed by atoms with E-state index >= 15 is 0 Å². The van der Waals surface area contributed by atoms with Crippen molar-refractivity contribution in [3.05, 3.63) is 11.9 Å². The van der Waals surface area contributed by atoms with Crippen LogP contribution in [-0.4, -0.2) is 58.1 Å². The van der Waals surface area contributed by atoms with Crippen molar-refractivity contribution in [3.8, 4) is 0 Å². The van der Waals surface area contributed by atoms with Gasteiger partial charge in [0.2, 0.25) is 0 Å². The quantitative estimate of drug-likeness (QED) is 0.822. The van der Waals surface area contributed by atoms with Gasteiger partial charge in [0.25, 0.3) is 0 Å². The van der Waals surface area contributed by atoms with Gasteiger partial charge in [-0.2, -0.15) is 5.10 Å². The van der Waals surface area contributed by atoms with Crippen LogP contribution in [0.1, 0.15) is 39.4 Å². The molecule has 0 amide bonds. The predicted molar refractivity (Wildman–Crippen MR) is 87.1 cm³/mol. The van der Waals surface area contributed by atoms with Crippen LogP contribution >= 0.6 is 0 Å². The Balaban J connectivity index is 1.75. The summed E-state index contributed by atoms with van der Waals surface area (Å²) in [4.78, 5) is 2.01. The lowest BCUT2D eigenvalue weighted by atomic mass is 9.79. The van der Waals surface area contributed by atoms with Gasteiger partial charge in [0.05, 0.1) is 22.9 Å². The van der Waals surface area contributed by atoms with E-state index in [1.807, 2.05) is 22.6 Å². The topological polar surface area (TPSA) is 59.8 Å². The molecule has 3 rings (SSSR count). The molecule has 3 heterocycles. The van der Waals surface area contributed by atoms with E-state index in [0.717, 1.165) is 24.2 Å². The van der Waals surface area contributed by atoms with Crippen LogP contribution in [0.2, 0.25) is 6.82 Å². The zero-order chi connectivity index (χ0) is 16.3. The molecule has 0 saturated carbocycles. The summed E-state index contributed by atoms with van der Waals surface area (Å²) in [5.41, 5.74) is 1.25. The second-order valence-corrected chi connectivity index (χ2v) is 7.48. The normalized spacial score (nSPS) is 24.6. The molecule has 120 valence electrons. The molecule has 6 nitrogen and oxygen atoms in total. The standard InChI is InChI=1S/C14H25B2N3O3/c1-10-12(16-21-13(2,3)14(4,5)22-16)9-19(17-10)11-7-18(8-11)15(6)20/h9,11,20H,7-8H2,1-6H3. The number of aryl methyl sites for hydroxylation is 1. The van der Waals surface area contributed by atoms with Crippen LogP contribution in [0.5, 0.6) is 0 Å². The Bertz CT molecular complexity index is 552. The first-order valence-electron chi connectivity index (χ1n) is 7.94. The highest BCUT2D eigenvalue weighted by Crippen LogP contribution is 2.36. The molecular formula is C14H25B2N3O3. The molecule has 0 radical (unpaired) electrons. The smallest absolute Gasteiger partial charge is 0.437 e. The molecule has 1 aromatic rings. The summed E-state index contributed by atoms with van der Waals surface area (Å²) in [5, 5.41) is 14.2. The zero-order valence-electron chi connectivity index (χ0n) is 14.3. The Hall–Kier alpha value is -0.820. The Morgan fingerprint density at radius 2 is 1.82 bits per heavy atom. The minimum atomic E-state index is -0.393. The molecule has 22 heavy (non-hydrogen) atoms. The third-order valence-electron chi connectivity index (χ3n) is 5.25. The fourth-order valence-corrected chi connectivity index (χ4v) is 2.84. The van der Waals surface area contributed by atoms with Crippen LogP contribution in [0.4, 0.5) is 0 Å². The first kappa shape index (κ1) is 16.1. The van der Waals surface area contributed by atoms with Gasteiger partial charge < -0.3 is 19.1 Å². The number of hydrogen-bond acceptors (Lipinski definition) is 5. The number of rotatable bonds is 3. The molecule has 2 aliphatic heterocycles. The number of nitrogens with zero attached hydrogens (tertiary/aromatic N) is 3. The lowest BCUT2D eigenvalue weighted by Gasteiger charge is -2.40. The Morgan fingerprint density at radius 1 is 1.27 bits per heavy atom. The fourth-order valence-electron chi connectivity index (χ4n) is 2.84. The van der Waals surface area contributed by atoms with E-state index in [9.17, 15) is 5.02 Å². The summed E-state index contributed by atoms with van der Waals surface area (Å²) in [6.45, 7) is 13.6. The fraction of sp³-hybridized carbons (Fsp3) is 0.786. The van der Waals surface area contributed by atoms with E-state index in [1.165, 1.54) is 0 Å². The number of hydrogen-bond donors (Lipinski definition) is 1. The molecule has 0 aromatic carbocycles. The van der Waals surface area contributed by atoms with Crippen LogP contribution in [0.25, 0.3) is 0 Å². The van der Waals surface area contributed by atoms with Crippen molar-refractivity contribution in [2.24, 2.45) is 0 Å². The SMILES string of the molecule is CB(O)N1CC(n2cc(B3OC(C)(C)C(C)(C)O3)c(C)n2)C1. The molecule has 2 saturated heterocycles. The highest BCUT2D eigenvalue weighted by Gasteiger charge is 2.52. The monoisotopic (exact) mass is 305 g/mol. The molecule has 1 aromatic heterocycles. The van der Waals surface area contributed by atoms with Crippen LogP contribution < -0.4 is 5.46 Å². The van der Waals surface area contributed by atoms with Crippen molar-refractivity contribution < 1.29 is 14.3 Å². The third-order valence-corrected chi connectivity index (χ3v) is 5.25. The van der Waals surface area contributed by atoms with Crippen LogP contribution in [0, 0.1) is 6.92 Å². The van der Waals surface area contributed by atoms with Gasteiger partial charge in [-0.05, 0) is 41.4 Å². The molecule has 0 atom stereocenters. The molecule has 8 heteroatoms. The first-order chi connectivity index (χ1) is 10.1. The summed E-state index contributed by atoms with van der Waals surface area (Å²) in [6, 6.07) is 0.310. The Labute approximate surface area is 133 Å². The van der Waals surface area contributed by atoms with Gasteiger partial charge >= 0.3 is 14.2 Å². The lowest BCUT2D eigenvalue weighted by Crippen LogP contribution is -2.54. The van der Waals surface area contributed by atoms with Gasteiger partial charge in [-0.3, -0.25) is 4.68 Å². The zero-order valence-corrected chi connectivity index (χ0v) is 14.3. The van der Waals surface area contributed by atoms with Crippen molar-refractivity contribution in [3.63, 3.8) is 0 Å². The van der Waals surface area contributed by atoms with Crippen molar-refractivity contribution in [1.82, 2.24) is 14.6 Å². The Kier molecular flexibility index (Phi) is 3.72. The van der Waals surface area contributed by atoms with E-state index in [2.05, 4.69) is 32.8 Å². The minimum absolute atomic E-state index is 0.310. The minimum Gasteiger partial charge on any atom is -0.437 e. The molecule has 0 bridgehead atoms. The maximum Gasteiger partial charge on any atom is 0.498 e. The molecule has 0 spiro atoms. The van der Waals surface area contributed by atoms with Gasteiger partial charge in [0, 0.05) is 24.7 Å². The van der Waals surface area contributed by atoms with E-state index in [4.69, 9.17) is 9.31 Å². The second-order valence-electron chi connectivity index (χ2n) is 7.48. The summed E-state index contributed by atoms with van der Waals surface area (Å²) >= 11 is 0. The third kappa shape index (κ3) is 2.52. The summed E-state index contributed by atoms with van der Waals surface area (Å²) in [5.74, 6) is 0. The van der Waals surface area contributed by atoms with E-state index in [1.54, 1.807) is 6.82 Å². The molecule has 2 aliphatic rings. The van der Waals surface area contributed by atoms with Crippen molar-refractivity contribution in [2.45, 2.75) is 58.7 Å². The van der Waals surface area contributed by atoms with Crippen molar-refractivity contribution in [2.75, 3.05) is 13.1 Å². The predicted octanol–water partition coefficient (Wildman–Crippen LogP) is 0.458. The molecule has 0 unspecified atom stereocenters. The van der Waals surface area contributed by atoms with Crippen molar-refractivity contribution >= 4 is 19.6 Å². The van der Waals surface area contributed by atoms with Crippen LogP contribution in [0.15, 0.2) is 6.20 Å². The molecule has 1 N–H and O–H groups in total. The maximum absolute atomic E-state index is 9.54. The van der Waals surface area contributed by atoms with E-state index < -0.39 is 7.05 Å². The average molecular weight is 305 g/mol. The molecule has 2 fully saturated rings. The molecular weight excluding hydrogens is 280 g/mol. The maximum atomic E-state index is 9.54. The van der Waals surface area contributed by atoms with Gasteiger partial charge in [-0.15, -0.1) is 0 Å². The van der Waals surface area contributed by atoms with Crippen LogP contribution in [-0.2, 0) is 9.31 Å². The van der Waals surface area contributed by atoms with Gasteiger partial charge in [0.1, 0.15) is 0 Å². The van der Waals surface area contributed by atoms with Crippen molar-refractivity contribution in [1.29, 1.82) is 0 Å². The summed E-state index contributed by atoms with van der Waals surface area (Å²) in [6.07, 6.45) is 2.03. The van der Waals surface area contributed by atoms with Gasteiger partial charge in [0.15, 0.2) is 0 Å². The largest absolute Gasteiger partial charge is 0.498 e. The van der Waals surface area contributed by atoms with E-state index in [-0.39, 0.29) is 18.3 Å². The molecule has 0 aliphatic carbocycles. The second kappa shape index (κ2) is 5.09. The van der Waals surface area contributed by atoms with Gasteiger partial charge in [-0.1, -0.05) is 0 Å². The first-order valence-corrected chi connectivity index (χ1v) is 7.94. The average Bonchev–Trinajstić information content (AvgIpc) is 2.75. The highest BCUT2D eigenvalue weighted by molar-refractivity contribution is 6.62. The number of aromatic nitrogens is 2. The van der Waals surface area contributed by atoms with Gasteiger partial charge in [-0.25, -0.2) is 0 Å². The van der Waals surface area contributed by atoms with Crippen LogP contribution in [0.3, 0.4) is 0 Å².